The summed E-state index contributed by atoms with van der Waals surface area (Å²) in [6.45, 7) is -0.478. The topological polar surface area (TPSA) is 79.2 Å². The van der Waals surface area contributed by atoms with E-state index in [4.69, 9.17) is 19.7 Å². The fourth-order valence-corrected chi connectivity index (χ4v) is 1.37. The average molecular weight is 178 g/mol. The zero-order valence-electron chi connectivity index (χ0n) is 6.88. The maximum absolute atomic E-state index is 9.43. The minimum atomic E-state index is -0.857. The Balaban J connectivity index is 2.58. The second-order valence-electron chi connectivity index (χ2n) is 2.80. The third kappa shape index (κ3) is 1.60. The molecule has 0 aromatic rings. The van der Waals surface area contributed by atoms with Crippen molar-refractivity contribution in [3.8, 4) is 0 Å². The monoisotopic (exact) mass is 178 g/mol. The summed E-state index contributed by atoms with van der Waals surface area (Å²) in [4.78, 5) is 0. The molecular formula is C7H14O5. The van der Waals surface area contributed by atoms with Crippen LogP contribution in [-0.4, -0.2) is 54.1 Å². The highest BCUT2D eigenvalue weighted by Crippen LogP contribution is 2.26. The fraction of sp³-hybridized carbons (Fsp3) is 1.00. The van der Waals surface area contributed by atoms with Gasteiger partial charge in [0.1, 0.15) is 6.10 Å². The Morgan fingerprint density at radius 3 is 2.33 bits per heavy atom. The molecule has 0 saturated carbocycles. The third-order valence-corrected chi connectivity index (χ3v) is 2.10. The van der Waals surface area contributed by atoms with Gasteiger partial charge in [-0.3, -0.25) is 0 Å². The van der Waals surface area contributed by atoms with E-state index in [0.717, 1.165) is 0 Å². The van der Waals surface area contributed by atoms with E-state index in [0.29, 0.717) is 0 Å². The lowest BCUT2D eigenvalue weighted by Gasteiger charge is -2.15. The maximum atomic E-state index is 9.43. The van der Waals surface area contributed by atoms with E-state index in [2.05, 4.69) is 0 Å². The van der Waals surface area contributed by atoms with E-state index in [1.54, 1.807) is 0 Å². The van der Waals surface area contributed by atoms with Crippen LogP contribution in [0, 0.1) is 5.92 Å². The second-order valence-corrected chi connectivity index (χ2v) is 2.80. The van der Waals surface area contributed by atoms with Crippen molar-refractivity contribution in [2.24, 2.45) is 5.92 Å². The summed E-state index contributed by atoms with van der Waals surface area (Å²) in [5.41, 5.74) is 0. The number of rotatable bonds is 3. The standard InChI is InChI=1S/C7H14O5/c1-11-7-4(2-8)6(10)5(3-9)12-7/h4-10H,2-3H2,1H3/t4?,5-,6?,7+/m0/s1. The molecule has 3 N–H and O–H groups in total. The molecule has 1 aliphatic rings. The average Bonchev–Trinajstić information content (AvgIpc) is 2.41. The minimum Gasteiger partial charge on any atom is -0.396 e. The van der Waals surface area contributed by atoms with Gasteiger partial charge in [0.25, 0.3) is 0 Å². The molecule has 0 spiro atoms. The first kappa shape index (κ1) is 9.88. The summed E-state index contributed by atoms with van der Waals surface area (Å²) in [7, 11) is 1.43. The summed E-state index contributed by atoms with van der Waals surface area (Å²) in [6.07, 6.45) is -2.13. The Labute approximate surface area is 70.5 Å². The smallest absolute Gasteiger partial charge is 0.165 e. The lowest BCUT2D eigenvalue weighted by Crippen LogP contribution is -2.32. The van der Waals surface area contributed by atoms with E-state index in [1.165, 1.54) is 7.11 Å². The van der Waals surface area contributed by atoms with Crippen LogP contribution in [0.15, 0.2) is 0 Å². The normalized spacial score (nSPS) is 42.0. The quantitative estimate of drug-likeness (QED) is 0.481. The zero-order chi connectivity index (χ0) is 9.14. The Kier molecular flexibility index (Phi) is 3.42. The molecule has 0 aromatic heterocycles. The highest BCUT2D eigenvalue weighted by molar-refractivity contribution is 4.85. The molecule has 1 fully saturated rings. The van der Waals surface area contributed by atoms with Gasteiger partial charge in [-0.05, 0) is 0 Å². The SMILES string of the molecule is CO[C@@H]1O[C@@H](CO)C(O)C1CO. The summed E-state index contributed by atoms with van der Waals surface area (Å²) < 4.78 is 9.96. The van der Waals surface area contributed by atoms with Crippen LogP contribution in [0.3, 0.4) is 0 Å². The van der Waals surface area contributed by atoms with Gasteiger partial charge in [-0.1, -0.05) is 0 Å². The molecule has 72 valence electrons. The molecule has 12 heavy (non-hydrogen) atoms. The molecule has 1 saturated heterocycles. The summed E-state index contributed by atoms with van der Waals surface area (Å²) in [6, 6.07) is 0. The number of aliphatic hydroxyl groups is 3. The van der Waals surface area contributed by atoms with Gasteiger partial charge in [-0.25, -0.2) is 0 Å². The number of hydrogen-bond donors (Lipinski definition) is 3. The Hall–Kier alpha value is -0.200. The van der Waals surface area contributed by atoms with Crippen molar-refractivity contribution < 1.29 is 24.8 Å². The van der Waals surface area contributed by atoms with Crippen LogP contribution in [0.2, 0.25) is 0 Å². The molecule has 1 aliphatic heterocycles. The van der Waals surface area contributed by atoms with Crippen molar-refractivity contribution in [3.63, 3.8) is 0 Å². The van der Waals surface area contributed by atoms with Gasteiger partial charge in [-0.15, -0.1) is 0 Å². The van der Waals surface area contributed by atoms with Crippen molar-refractivity contribution in [1.82, 2.24) is 0 Å². The number of aliphatic hydroxyl groups excluding tert-OH is 3. The molecule has 1 heterocycles. The summed E-state index contributed by atoms with van der Waals surface area (Å²) >= 11 is 0. The van der Waals surface area contributed by atoms with E-state index in [1.807, 2.05) is 0 Å². The first-order valence-electron chi connectivity index (χ1n) is 3.82. The molecule has 0 aliphatic carbocycles. The van der Waals surface area contributed by atoms with Gasteiger partial charge in [0.05, 0.1) is 25.2 Å². The van der Waals surface area contributed by atoms with Crippen LogP contribution >= 0.6 is 0 Å². The van der Waals surface area contributed by atoms with Crippen LogP contribution in [0.25, 0.3) is 0 Å². The van der Waals surface area contributed by atoms with Crippen molar-refractivity contribution in [3.05, 3.63) is 0 Å². The second kappa shape index (κ2) is 4.15. The number of ether oxygens (including phenoxy) is 2. The summed E-state index contributed by atoms with van der Waals surface area (Å²) in [5.74, 6) is -0.466. The van der Waals surface area contributed by atoms with Crippen LogP contribution < -0.4 is 0 Å². The fourth-order valence-electron chi connectivity index (χ4n) is 1.37. The molecule has 0 bridgehead atoms. The Morgan fingerprint density at radius 1 is 1.33 bits per heavy atom. The van der Waals surface area contributed by atoms with E-state index >= 15 is 0 Å². The van der Waals surface area contributed by atoms with Gasteiger partial charge in [0.2, 0.25) is 0 Å². The summed E-state index contributed by atoms with van der Waals surface area (Å²) in [5, 5.41) is 27.0. The molecule has 0 aromatic carbocycles. The lowest BCUT2D eigenvalue weighted by molar-refractivity contribution is -0.142. The largest absolute Gasteiger partial charge is 0.396 e. The number of hydrogen-bond acceptors (Lipinski definition) is 5. The number of methoxy groups -OCH3 is 1. The molecule has 0 radical (unpaired) electrons. The highest BCUT2D eigenvalue weighted by atomic mass is 16.7. The molecule has 2 unspecified atom stereocenters. The van der Waals surface area contributed by atoms with Gasteiger partial charge < -0.3 is 24.8 Å². The molecule has 4 atom stereocenters. The predicted octanol–water partition coefficient (Wildman–Crippen LogP) is -1.68. The van der Waals surface area contributed by atoms with E-state index in [-0.39, 0.29) is 13.2 Å². The first-order valence-corrected chi connectivity index (χ1v) is 3.82. The molecule has 5 heteroatoms. The van der Waals surface area contributed by atoms with Crippen LogP contribution in [0.5, 0.6) is 0 Å². The van der Waals surface area contributed by atoms with Crippen molar-refractivity contribution in [1.29, 1.82) is 0 Å². The van der Waals surface area contributed by atoms with Gasteiger partial charge in [0.15, 0.2) is 6.29 Å². The highest BCUT2D eigenvalue weighted by Gasteiger charge is 2.42. The lowest BCUT2D eigenvalue weighted by atomic mass is 10.0. The van der Waals surface area contributed by atoms with Crippen LogP contribution in [-0.2, 0) is 9.47 Å². The van der Waals surface area contributed by atoms with E-state index < -0.39 is 24.4 Å². The van der Waals surface area contributed by atoms with Gasteiger partial charge in [-0.2, -0.15) is 0 Å². The third-order valence-electron chi connectivity index (χ3n) is 2.10. The molecule has 1 rings (SSSR count). The maximum Gasteiger partial charge on any atom is 0.165 e. The van der Waals surface area contributed by atoms with E-state index in [9.17, 15) is 5.11 Å². The van der Waals surface area contributed by atoms with Crippen molar-refractivity contribution in [2.75, 3.05) is 20.3 Å². The Morgan fingerprint density at radius 2 is 2.00 bits per heavy atom. The zero-order valence-corrected chi connectivity index (χ0v) is 6.88. The van der Waals surface area contributed by atoms with Gasteiger partial charge >= 0.3 is 0 Å². The minimum absolute atomic E-state index is 0.212. The molecular weight excluding hydrogens is 164 g/mol. The Bertz CT molecular complexity index is 138. The first-order chi connectivity index (χ1) is 5.74. The van der Waals surface area contributed by atoms with Crippen molar-refractivity contribution >= 4 is 0 Å². The van der Waals surface area contributed by atoms with Gasteiger partial charge in [0, 0.05) is 7.11 Å². The van der Waals surface area contributed by atoms with Crippen LogP contribution in [0.1, 0.15) is 0 Å². The molecule has 0 amide bonds. The van der Waals surface area contributed by atoms with Crippen molar-refractivity contribution in [2.45, 2.75) is 18.5 Å². The molecule has 5 nitrogen and oxygen atoms in total. The van der Waals surface area contributed by atoms with Crippen LogP contribution in [0.4, 0.5) is 0 Å². The predicted molar refractivity (Wildman–Crippen MR) is 39.3 cm³/mol.